The first-order valence-corrected chi connectivity index (χ1v) is 8.49. The van der Waals surface area contributed by atoms with Crippen molar-refractivity contribution in [3.63, 3.8) is 0 Å². The van der Waals surface area contributed by atoms with Crippen molar-refractivity contribution in [3.8, 4) is 0 Å². The predicted molar refractivity (Wildman–Crippen MR) is 84.6 cm³/mol. The van der Waals surface area contributed by atoms with Gasteiger partial charge >= 0.3 is 0 Å². The average Bonchev–Trinajstić information content (AvgIpc) is 2.73. The van der Waals surface area contributed by atoms with Crippen molar-refractivity contribution in [2.24, 2.45) is 0 Å². The van der Waals surface area contributed by atoms with E-state index in [2.05, 4.69) is 0 Å². The van der Waals surface area contributed by atoms with Gasteiger partial charge in [-0.1, -0.05) is 54.6 Å². The minimum atomic E-state index is -3.69. The Morgan fingerprint density at radius 2 is 1.36 bits per heavy atom. The molecule has 22 heavy (non-hydrogen) atoms. The summed E-state index contributed by atoms with van der Waals surface area (Å²) < 4.78 is 25.6. The molecule has 0 saturated carbocycles. The number of rotatable bonds is 1. The smallest absolute Gasteiger partial charge is 0.193 e. The van der Waals surface area contributed by atoms with Gasteiger partial charge in [0.15, 0.2) is 20.9 Å². The van der Waals surface area contributed by atoms with Gasteiger partial charge in [0.05, 0.1) is 4.90 Å². The van der Waals surface area contributed by atoms with E-state index in [4.69, 9.17) is 0 Å². The van der Waals surface area contributed by atoms with Crippen molar-refractivity contribution in [1.82, 2.24) is 0 Å². The molecule has 0 aromatic heterocycles. The van der Waals surface area contributed by atoms with Crippen molar-refractivity contribution in [3.05, 3.63) is 77.9 Å². The number of fused-ring (bicyclic) bond motifs is 2. The Morgan fingerprint density at radius 1 is 0.773 bits per heavy atom. The Morgan fingerprint density at radius 3 is 2.05 bits per heavy atom. The molecule has 4 heteroatoms. The molecule has 0 bridgehead atoms. The number of benzene rings is 3. The van der Waals surface area contributed by atoms with E-state index in [-0.39, 0.29) is 10.7 Å². The fourth-order valence-electron chi connectivity index (χ4n) is 3.01. The normalized spacial score (nSPS) is 19.3. The Labute approximate surface area is 128 Å². The minimum Gasteiger partial charge on any atom is -0.292 e. The lowest BCUT2D eigenvalue weighted by atomic mass is 10.00. The maximum absolute atomic E-state index is 12.8. The number of carbonyl (C=O) groups is 1. The lowest BCUT2D eigenvalue weighted by molar-refractivity contribution is 0.0990. The molecule has 0 amide bonds. The van der Waals surface area contributed by atoms with Gasteiger partial charge in [-0.05, 0) is 28.5 Å². The fraction of sp³-hybridized carbons (Fsp3) is 0.0556. The monoisotopic (exact) mass is 308 g/mol. The van der Waals surface area contributed by atoms with Gasteiger partial charge in [-0.25, -0.2) is 8.42 Å². The van der Waals surface area contributed by atoms with Gasteiger partial charge in [-0.15, -0.1) is 0 Å². The van der Waals surface area contributed by atoms with Crippen molar-refractivity contribution in [1.29, 1.82) is 0 Å². The molecule has 1 atom stereocenters. The fourth-order valence-corrected chi connectivity index (χ4v) is 4.95. The van der Waals surface area contributed by atoms with Crippen LogP contribution in [-0.2, 0) is 9.84 Å². The van der Waals surface area contributed by atoms with Crippen LogP contribution in [0.1, 0.15) is 21.2 Å². The molecule has 0 fully saturated rings. The number of carbonyl (C=O) groups excluding carboxylic acids is 1. The lowest BCUT2D eigenvalue weighted by Gasteiger charge is -2.08. The van der Waals surface area contributed by atoms with E-state index in [1.54, 1.807) is 42.5 Å². The minimum absolute atomic E-state index is 0.144. The van der Waals surface area contributed by atoms with Crippen molar-refractivity contribution in [2.45, 2.75) is 10.1 Å². The van der Waals surface area contributed by atoms with Crippen LogP contribution in [0.4, 0.5) is 0 Å². The molecular weight excluding hydrogens is 296 g/mol. The summed E-state index contributed by atoms with van der Waals surface area (Å²) in [7, 11) is -3.69. The van der Waals surface area contributed by atoms with Gasteiger partial charge in [0.2, 0.25) is 0 Å². The molecule has 0 saturated heterocycles. The number of Topliss-reactive ketones (excluding diaryl/α,β-unsaturated/α-hetero) is 1. The lowest BCUT2D eigenvalue weighted by Crippen LogP contribution is -2.13. The van der Waals surface area contributed by atoms with Gasteiger partial charge in [0, 0.05) is 5.56 Å². The van der Waals surface area contributed by atoms with Crippen LogP contribution in [0.3, 0.4) is 0 Å². The summed E-state index contributed by atoms with van der Waals surface area (Å²) in [5, 5.41) is 0.574. The second-order valence-electron chi connectivity index (χ2n) is 5.40. The molecule has 0 unspecified atom stereocenters. The maximum atomic E-state index is 12.8. The van der Waals surface area contributed by atoms with Gasteiger partial charge in [-0.2, -0.15) is 0 Å². The number of hydrogen-bond donors (Lipinski definition) is 0. The molecule has 0 radical (unpaired) electrons. The summed E-state index contributed by atoms with van der Waals surface area (Å²) in [5.41, 5.74) is 0.820. The molecular formula is C18H12O3S. The molecule has 3 aromatic rings. The first-order chi connectivity index (χ1) is 10.6. The quantitative estimate of drug-likeness (QED) is 0.691. The van der Waals surface area contributed by atoms with E-state index in [1.807, 2.05) is 24.3 Å². The van der Waals surface area contributed by atoms with Crippen LogP contribution in [0.25, 0.3) is 10.8 Å². The van der Waals surface area contributed by atoms with Crippen molar-refractivity contribution >= 4 is 26.4 Å². The van der Waals surface area contributed by atoms with Crippen LogP contribution in [0.5, 0.6) is 0 Å². The first kappa shape index (κ1) is 13.2. The SMILES string of the molecule is O=C1c2cc3ccccc3cc2S(=O)(=O)[C@@H]1c1ccccc1. The highest BCUT2D eigenvalue weighted by Gasteiger charge is 2.45. The number of sulfone groups is 1. The zero-order chi connectivity index (χ0) is 15.3. The highest BCUT2D eigenvalue weighted by molar-refractivity contribution is 7.93. The van der Waals surface area contributed by atoms with Crippen LogP contribution in [-0.4, -0.2) is 14.2 Å². The standard InChI is InChI=1S/C18H12O3S/c19-17-15-10-13-8-4-5-9-14(13)11-16(15)22(20,21)18(17)12-6-2-1-3-7-12/h1-11,18H/t18-/m1/s1. The summed E-state index contributed by atoms with van der Waals surface area (Å²) >= 11 is 0. The summed E-state index contributed by atoms with van der Waals surface area (Å²) in [6, 6.07) is 19.4. The molecule has 1 aliphatic heterocycles. The topological polar surface area (TPSA) is 51.2 Å². The largest absolute Gasteiger partial charge is 0.292 e. The maximum Gasteiger partial charge on any atom is 0.193 e. The zero-order valence-electron chi connectivity index (χ0n) is 11.6. The molecule has 3 aromatic carbocycles. The second kappa shape index (κ2) is 4.52. The molecule has 0 aliphatic carbocycles. The number of hydrogen-bond acceptors (Lipinski definition) is 3. The van der Waals surface area contributed by atoms with Crippen molar-refractivity contribution in [2.75, 3.05) is 0 Å². The molecule has 1 heterocycles. The number of ketones is 1. The Kier molecular flexibility index (Phi) is 2.71. The molecule has 3 nitrogen and oxygen atoms in total. The average molecular weight is 308 g/mol. The van der Waals surface area contributed by atoms with Crippen LogP contribution < -0.4 is 0 Å². The molecule has 4 rings (SSSR count). The third kappa shape index (κ3) is 1.74. The van der Waals surface area contributed by atoms with Crippen LogP contribution in [0, 0.1) is 0 Å². The van der Waals surface area contributed by atoms with Gasteiger partial charge in [-0.3, -0.25) is 4.79 Å². The van der Waals surface area contributed by atoms with E-state index < -0.39 is 15.1 Å². The predicted octanol–water partition coefficient (Wildman–Crippen LogP) is 3.55. The highest BCUT2D eigenvalue weighted by Crippen LogP contribution is 2.42. The van der Waals surface area contributed by atoms with E-state index in [9.17, 15) is 13.2 Å². The van der Waals surface area contributed by atoms with Crippen molar-refractivity contribution < 1.29 is 13.2 Å². The van der Waals surface area contributed by atoms with E-state index >= 15 is 0 Å². The van der Waals surface area contributed by atoms with Crippen LogP contribution in [0.2, 0.25) is 0 Å². The van der Waals surface area contributed by atoms with Crippen LogP contribution >= 0.6 is 0 Å². The molecule has 1 aliphatic rings. The summed E-state index contributed by atoms with van der Waals surface area (Å²) in [4.78, 5) is 12.8. The Balaban J connectivity index is 2.01. The van der Waals surface area contributed by atoms with Gasteiger partial charge < -0.3 is 0 Å². The molecule has 0 spiro atoms. The second-order valence-corrected chi connectivity index (χ2v) is 7.40. The third-order valence-corrected chi connectivity index (χ3v) is 6.13. The molecule has 0 N–H and O–H groups in total. The Bertz CT molecular complexity index is 1000. The van der Waals surface area contributed by atoms with Gasteiger partial charge in [0.1, 0.15) is 0 Å². The van der Waals surface area contributed by atoms with Gasteiger partial charge in [0.25, 0.3) is 0 Å². The third-order valence-electron chi connectivity index (χ3n) is 4.07. The zero-order valence-corrected chi connectivity index (χ0v) is 12.4. The summed E-state index contributed by atoms with van der Waals surface area (Å²) in [6.07, 6.45) is 0. The van der Waals surface area contributed by atoms with E-state index in [0.717, 1.165) is 10.8 Å². The molecule has 108 valence electrons. The summed E-state index contributed by atoms with van der Waals surface area (Å²) in [6.45, 7) is 0. The first-order valence-electron chi connectivity index (χ1n) is 6.95. The highest BCUT2D eigenvalue weighted by atomic mass is 32.2. The van der Waals surface area contributed by atoms with E-state index in [0.29, 0.717) is 11.1 Å². The summed E-state index contributed by atoms with van der Waals surface area (Å²) in [5.74, 6) is -0.341. The van der Waals surface area contributed by atoms with Crippen LogP contribution in [0.15, 0.2) is 71.6 Å². The van der Waals surface area contributed by atoms with E-state index in [1.165, 1.54) is 0 Å². The Hall–Kier alpha value is -2.46.